The third kappa shape index (κ3) is 10.3. The highest BCUT2D eigenvalue weighted by Gasteiger charge is 2.49. The second-order valence-electron chi connectivity index (χ2n) is 30.7. The lowest BCUT2D eigenvalue weighted by Crippen LogP contribution is -2.64. The molecule has 0 atom stereocenters. The van der Waals surface area contributed by atoms with E-state index in [0.717, 1.165) is 96.4 Å². The minimum atomic E-state index is -0.208. The van der Waals surface area contributed by atoms with Gasteiger partial charge in [-0.15, -0.1) is 0 Å². The quantitative estimate of drug-likeness (QED) is 0.134. The van der Waals surface area contributed by atoms with E-state index < -0.39 is 0 Å². The average Bonchev–Trinajstić information content (AvgIpc) is 0.690. The number of ether oxygens (including phenoxy) is 1. The summed E-state index contributed by atoms with van der Waals surface area (Å²) in [6.45, 7) is 27.4. The van der Waals surface area contributed by atoms with Crippen molar-refractivity contribution in [3.63, 3.8) is 0 Å². The molecule has 16 rings (SSSR count). The minimum absolute atomic E-state index is 0.0784. The molecule has 0 saturated heterocycles. The fourth-order valence-corrected chi connectivity index (χ4v) is 15.2. The average molecular weight is 1250 g/mol. The van der Waals surface area contributed by atoms with Gasteiger partial charge in [0.2, 0.25) is 0 Å². The summed E-state index contributed by atoms with van der Waals surface area (Å²) in [4.78, 5) is 12.5. The van der Waals surface area contributed by atoms with Gasteiger partial charge >= 0.3 is 0 Å². The highest BCUT2D eigenvalue weighted by atomic mass is 16.5. The fourth-order valence-electron chi connectivity index (χ4n) is 15.2. The van der Waals surface area contributed by atoms with E-state index in [4.69, 9.17) is 4.74 Å². The highest BCUT2D eigenvalue weighted by Crippen LogP contribution is 2.52. The molecule has 0 aromatic heterocycles. The van der Waals surface area contributed by atoms with Gasteiger partial charge < -0.3 is 29.2 Å². The summed E-state index contributed by atoms with van der Waals surface area (Å²) in [5, 5.41) is 0. The maximum Gasteiger partial charge on any atom is 0.256 e. The van der Waals surface area contributed by atoms with Gasteiger partial charge in [0.15, 0.2) is 0 Å². The molecule has 12 aromatic carbocycles. The van der Waals surface area contributed by atoms with Crippen LogP contribution in [-0.2, 0) is 21.7 Å². The normalized spacial score (nSPS) is 13.6. The first kappa shape index (κ1) is 60.5. The number of fused-ring (bicyclic) bond motifs is 8. The molecular weight excluding hydrogens is 1160 g/mol. The summed E-state index contributed by atoms with van der Waals surface area (Å²) >= 11 is 0. The van der Waals surface area contributed by atoms with E-state index in [9.17, 15) is 0 Å². The summed E-state index contributed by atoms with van der Waals surface area (Å²) in [5.41, 5.74) is 28.3. The first-order valence-corrected chi connectivity index (χ1v) is 34.1. The van der Waals surface area contributed by atoms with Crippen LogP contribution in [0.2, 0.25) is 0 Å². The maximum atomic E-state index is 7.90. The second kappa shape index (κ2) is 22.6. The molecule has 0 N–H and O–H groups in total. The van der Waals surface area contributed by atoms with Crippen molar-refractivity contribution in [1.82, 2.24) is 0 Å². The largest absolute Gasteiger partial charge is 0.458 e. The van der Waals surface area contributed by atoms with Crippen LogP contribution in [0.5, 0.6) is 11.5 Å². The lowest BCUT2D eigenvalue weighted by molar-refractivity contribution is 0.488. The Morgan fingerprint density at radius 1 is 0.250 bits per heavy atom. The van der Waals surface area contributed by atoms with Crippen LogP contribution in [0.25, 0.3) is 0 Å². The number of hydrogen-bond donors (Lipinski definition) is 0. The summed E-state index contributed by atoms with van der Waals surface area (Å²) < 4.78 is 7.90. The SMILES string of the molecule is CC(C)(C)c1cccc(N(c2ccccc2)c2cc3c4c(c2)N(c2ccccc2)c2cc(C(C)(C)C)ccc2B4c2cc4c(cc2O3)N(c2ccccc2)c2cc(N(c3ccccc3)c3cccc(C(C)(C)C)c3)cc3c2B4c2ccc(C(C)(C)C)cc2N3c2ccccc2)c1. The third-order valence-corrected chi connectivity index (χ3v) is 20.2. The smallest absolute Gasteiger partial charge is 0.256 e. The van der Waals surface area contributed by atoms with Gasteiger partial charge in [0.25, 0.3) is 13.4 Å². The standard InChI is InChI=1S/C88H81B2N5O/c1-85(2,3)58-30-28-42-67(48-58)91(62-32-18-13-19-33-62)69-52-78-83-79(53-69)95(66-40-26-17-27-41-66)77-57-81-74(56-73(77)89(83)71-46-44-60(87(7,8)9)50-75(71)93(78)64-36-22-15-23-37-64)90-72-47-45-61(88(10,11)12)51-76(72)94(65-38-24-16-25-39-65)80-54-70(55-82(96-81)84(80)90)92(63-34-20-14-21-35-63)68-43-29-31-59(49-68)86(4,5)6/h13-57H,1-12H3. The third-order valence-electron chi connectivity index (χ3n) is 20.2. The Kier molecular flexibility index (Phi) is 14.3. The molecule has 6 nitrogen and oxygen atoms in total. The van der Waals surface area contributed by atoms with Crippen molar-refractivity contribution in [3.05, 3.63) is 295 Å². The molecule has 8 heteroatoms. The van der Waals surface area contributed by atoms with Crippen LogP contribution in [0.4, 0.5) is 85.3 Å². The predicted octanol–water partition coefficient (Wildman–Crippen LogP) is 20.3. The van der Waals surface area contributed by atoms with Crippen molar-refractivity contribution >= 4 is 132 Å². The second-order valence-corrected chi connectivity index (χ2v) is 30.7. The van der Waals surface area contributed by atoms with E-state index in [0.29, 0.717) is 0 Å². The fraction of sp³-hybridized carbons (Fsp3) is 0.182. The van der Waals surface area contributed by atoms with Crippen LogP contribution in [0.3, 0.4) is 0 Å². The first-order valence-electron chi connectivity index (χ1n) is 34.1. The van der Waals surface area contributed by atoms with Crippen molar-refractivity contribution < 1.29 is 4.74 Å². The Hall–Kier alpha value is -10.4. The number of rotatable bonds is 9. The number of nitrogens with zero attached hydrogens (tertiary/aromatic N) is 5. The molecule has 0 spiro atoms. The molecule has 4 aliphatic heterocycles. The zero-order valence-corrected chi connectivity index (χ0v) is 57.3. The van der Waals surface area contributed by atoms with Crippen molar-refractivity contribution in [2.24, 2.45) is 0 Å². The summed E-state index contributed by atoms with van der Waals surface area (Å²) in [6.07, 6.45) is 0. The Balaban J connectivity index is 1.01. The van der Waals surface area contributed by atoms with Crippen LogP contribution in [0.1, 0.15) is 105 Å². The predicted molar refractivity (Wildman–Crippen MR) is 410 cm³/mol. The molecule has 0 amide bonds. The molecule has 0 fully saturated rings. The van der Waals surface area contributed by atoms with Crippen LogP contribution >= 0.6 is 0 Å². The van der Waals surface area contributed by atoms with Crippen LogP contribution in [-0.4, -0.2) is 13.4 Å². The zero-order valence-electron chi connectivity index (χ0n) is 57.3. The maximum absolute atomic E-state index is 7.90. The molecular formula is C88H81B2N5O. The van der Waals surface area contributed by atoms with Gasteiger partial charge in [-0.3, -0.25) is 0 Å². The summed E-state index contributed by atoms with van der Waals surface area (Å²) in [5.74, 6) is 1.67. The van der Waals surface area contributed by atoms with Gasteiger partial charge in [-0.05, 0) is 192 Å². The van der Waals surface area contributed by atoms with E-state index in [-0.39, 0.29) is 35.1 Å². The van der Waals surface area contributed by atoms with E-state index in [1.165, 1.54) is 55.5 Å². The van der Waals surface area contributed by atoms with Crippen molar-refractivity contribution in [1.29, 1.82) is 0 Å². The van der Waals surface area contributed by atoms with Gasteiger partial charge in [0, 0.05) is 86.1 Å². The topological polar surface area (TPSA) is 25.4 Å². The molecule has 4 aliphatic rings. The monoisotopic (exact) mass is 1250 g/mol. The zero-order chi connectivity index (χ0) is 66.2. The molecule has 0 bridgehead atoms. The molecule has 4 heterocycles. The van der Waals surface area contributed by atoms with Gasteiger partial charge in [-0.25, -0.2) is 0 Å². The first-order chi connectivity index (χ1) is 46.2. The van der Waals surface area contributed by atoms with Crippen LogP contribution < -0.4 is 62.0 Å². The van der Waals surface area contributed by atoms with Crippen molar-refractivity contribution in [2.45, 2.75) is 105 Å². The van der Waals surface area contributed by atoms with E-state index >= 15 is 0 Å². The Morgan fingerprint density at radius 2 is 0.594 bits per heavy atom. The number of hydrogen-bond acceptors (Lipinski definition) is 6. The van der Waals surface area contributed by atoms with Crippen molar-refractivity contribution in [3.8, 4) is 11.5 Å². The number of benzene rings is 12. The van der Waals surface area contributed by atoms with Gasteiger partial charge in [-0.2, -0.15) is 0 Å². The van der Waals surface area contributed by atoms with Gasteiger partial charge in [0.05, 0.1) is 11.4 Å². The van der Waals surface area contributed by atoms with Crippen molar-refractivity contribution in [2.75, 3.05) is 24.5 Å². The minimum Gasteiger partial charge on any atom is -0.458 e. The van der Waals surface area contributed by atoms with E-state index in [2.05, 4.69) is 381 Å². The molecule has 12 aromatic rings. The van der Waals surface area contributed by atoms with Gasteiger partial charge in [-0.1, -0.05) is 229 Å². The molecule has 470 valence electrons. The summed E-state index contributed by atoms with van der Waals surface area (Å²) in [7, 11) is 0. The Bertz CT molecular complexity index is 4990. The Morgan fingerprint density at radius 3 is 1.00 bits per heavy atom. The molecule has 96 heavy (non-hydrogen) atoms. The Labute approximate surface area is 568 Å². The molecule has 0 unspecified atom stereocenters. The lowest BCUT2D eigenvalue weighted by atomic mass is 9.30. The number of para-hydroxylation sites is 5. The lowest BCUT2D eigenvalue weighted by Gasteiger charge is -2.46. The van der Waals surface area contributed by atoms with Gasteiger partial charge in [0.1, 0.15) is 11.5 Å². The van der Waals surface area contributed by atoms with E-state index in [1.807, 2.05) is 0 Å². The highest BCUT2D eigenvalue weighted by molar-refractivity contribution is 7.02. The summed E-state index contributed by atoms with van der Waals surface area (Å²) in [6, 6.07) is 102. The molecule has 0 aliphatic carbocycles. The molecule has 0 saturated carbocycles. The van der Waals surface area contributed by atoms with E-state index in [1.54, 1.807) is 0 Å². The van der Waals surface area contributed by atoms with Crippen LogP contribution in [0.15, 0.2) is 273 Å². The van der Waals surface area contributed by atoms with Crippen LogP contribution in [0, 0.1) is 0 Å². The number of anilines is 15. The molecule has 0 radical (unpaired) electrons.